The number of anilines is 1. The van der Waals surface area contributed by atoms with E-state index in [9.17, 15) is 18.0 Å². The summed E-state index contributed by atoms with van der Waals surface area (Å²) >= 11 is 0. The Morgan fingerprint density at radius 2 is 1.66 bits per heavy atom. The van der Waals surface area contributed by atoms with Crippen molar-refractivity contribution in [2.24, 2.45) is 0 Å². The number of aromatic nitrogens is 2. The third-order valence-corrected chi connectivity index (χ3v) is 5.55. The van der Waals surface area contributed by atoms with Crippen LogP contribution in [-0.4, -0.2) is 66.4 Å². The van der Waals surface area contributed by atoms with Gasteiger partial charge in [-0.15, -0.1) is 0 Å². The van der Waals surface area contributed by atoms with Gasteiger partial charge in [0.15, 0.2) is 5.82 Å². The first kappa shape index (κ1) is 24.3. The van der Waals surface area contributed by atoms with Gasteiger partial charge in [-0.05, 0) is 24.3 Å². The number of benzene rings is 2. The summed E-state index contributed by atoms with van der Waals surface area (Å²) in [5, 5.41) is 6.79. The van der Waals surface area contributed by atoms with E-state index >= 15 is 0 Å². The van der Waals surface area contributed by atoms with Crippen molar-refractivity contribution in [3.63, 3.8) is 0 Å². The Bertz CT molecular complexity index is 1140. The van der Waals surface area contributed by atoms with Crippen LogP contribution in [-0.2, 0) is 12.7 Å². The van der Waals surface area contributed by atoms with Gasteiger partial charge in [-0.25, -0.2) is 4.79 Å². The van der Waals surface area contributed by atoms with Crippen molar-refractivity contribution in [3.05, 3.63) is 53.9 Å². The van der Waals surface area contributed by atoms with Crippen LogP contribution < -0.4 is 14.8 Å². The number of hydrogen-bond donors (Lipinski definition) is 1. The molecule has 186 valence electrons. The summed E-state index contributed by atoms with van der Waals surface area (Å²) in [6.45, 7) is 2.58. The largest absolute Gasteiger partial charge is 0.497 e. The normalized spacial score (nSPS) is 14.6. The summed E-state index contributed by atoms with van der Waals surface area (Å²) in [4.78, 5) is 20.7. The highest BCUT2D eigenvalue weighted by atomic mass is 19.4. The highest BCUT2D eigenvalue weighted by Gasteiger charge is 2.30. The maximum absolute atomic E-state index is 12.7. The molecule has 1 N–H and O–H groups in total. The molecule has 0 atom stereocenters. The van der Waals surface area contributed by atoms with Crippen LogP contribution in [0.5, 0.6) is 11.5 Å². The van der Waals surface area contributed by atoms with E-state index in [1.54, 1.807) is 23.1 Å². The van der Waals surface area contributed by atoms with Gasteiger partial charge in [-0.2, -0.15) is 18.2 Å². The molecule has 1 saturated heterocycles. The van der Waals surface area contributed by atoms with Gasteiger partial charge < -0.3 is 24.2 Å². The quantitative estimate of drug-likeness (QED) is 0.555. The lowest BCUT2D eigenvalue weighted by Gasteiger charge is -2.34. The zero-order valence-electron chi connectivity index (χ0n) is 19.1. The van der Waals surface area contributed by atoms with Crippen LogP contribution in [0.2, 0.25) is 0 Å². The number of nitrogens with zero attached hydrogens (tertiary/aromatic N) is 4. The number of carbonyl (C=O) groups is 1. The SMILES string of the molecule is COc1cc(NC(=O)N2CCN(Cc3noc(-c4ccc(C(F)(F)F)cc4)n3)CC2)cc(OC)c1. The standard InChI is InChI=1S/C23H24F3N5O4/c1-33-18-11-17(12-19(13-18)34-2)27-22(32)31-9-7-30(8-10-31)14-20-28-21(35-29-20)15-3-5-16(6-4-15)23(24,25)26/h3-6,11-13H,7-10,14H2,1-2H3,(H,27,32). The molecule has 1 aliphatic rings. The molecule has 1 aliphatic heterocycles. The van der Waals surface area contributed by atoms with Crippen LogP contribution in [0.25, 0.3) is 11.5 Å². The van der Waals surface area contributed by atoms with E-state index in [2.05, 4.69) is 20.4 Å². The number of hydrogen-bond acceptors (Lipinski definition) is 7. The van der Waals surface area contributed by atoms with Crippen LogP contribution in [0.3, 0.4) is 0 Å². The third-order valence-electron chi connectivity index (χ3n) is 5.55. The Kier molecular flexibility index (Phi) is 7.10. The molecule has 2 amide bonds. The summed E-state index contributed by atoms with van der Waals surface area (Å²) in [6.07, 6.45) is -4.40. The van der Waals surface area contributed by atoms with E-state index in [1.165, 1.54) is 26.4 Å². The molecule has 1 fully saturated rings. The zero-order chi connectivity index (χ0) is 25.0. The second-order valence-corrected chi connectivity index (χ2v) is 7.89. The molecule has 0 bridgehead atoms. The monoisotopic (exact) mass is 491 g/mol. The number of methoxy groups -OCH3 is 2. The van der Waals surface area contributed by atoms with Crippen LogP contribution in [0.1, 0.15) is 11.4 Å². The van der Waals surface area contributed by atoms with E-state index in [1.807, 2.05) is 0 Å². The summed E-state index contributed by atoms with van der Waals surface area (Å²) in [6, 6.07) is 9.46. The lowest BCUT2D eigenvalue weighted by Crippen LogP contribution is -2.49. The maximum Gasteiger partial charge on any atom is 0.416 e. The van der Waals surface area contributed by atoms with Crippen molar-refractivity contribution < 1.29 is 32.0 Å². The molecule has 0 radical (unpaired) electrons. The molecule has 35 heavy (non-hydrogen) atoms. The van der Waals surface area contributed by atoms with Gasteiger partial charge in [0.1, 0.15) is 11.5 Å². The van der Waals surface area contributed by atoms with E-state index in [0.717, 1.165) is 12.1 Å². The fourth-order valence-corrected chi connectivity index (χ4v) is 3.63. The van der Waals surface area contributed by atoms with Crippen LogP contribution in [0.4, 0.5) is 23.7 Å². The molecule has 1 aromatic heterocycles. The second-order valence-electron chi connectivity index (χ2n) is 7.89. The minimum atomic E-state index is -4.40. The first-order valence-electron chi connectivity index (χ1n) is 10.8. The number of carbonyl (C=O) groups excluding carboxylic acids is 1. The van der Waals surface area contributed by atoms with Crippen molar-refractivity contribution in [2.75, 3.05) is 45.7 Å². The molecule has 9 nitrogen and oxygen atoms in total. The molecule has 0 spiro atoms. The molecule has 12 heteroatoms. The van der Waals surface area contributed by atoms with Crippen molar-refractivity contribution in [2.45, 2.75) is 12.7 Å². The van der Waals surface area contributed by atoms with Crippen molar-refractivity contribution in [1.82, 2.24) is 19.9 Å². The Labute approximate surface area is 199 Å². The molecule has 2 heterocycles. The zero-order valence-corrected chi connectivity index (χ0v) is 19.1. The summed E-state index contributed by atoms with van der Waals surface area (Å²) < 4.78 is 53.9. The van der Waals surface area contributed by atoms with Crippen LogP contribution >= 0.6 is 0 Å². The van der Waals surface area contributed by atoms with E-state index in [-0.39, 0.29) is 11.9 Å². The van der Waals surface area contributed by atoms with Gasteiger partial charge in [-0.1, -0.05) is 5.16 Å². The Hall–Kier alpha value is -3.80. The topological polar surface area (TPSA) is 93.0 Å². The number of halogens is 3. The Balaban J connectivity index is 1.30. The second kappa shape index (κ2) is 10.2. The van der Waals surface area contributed by atoms with Crippen LogP contribution in [0, 0.1) is 0 Å². The maximum atomic E-state index is 12.7. The summed E-state index contributed by atoms with van der Waals surface area (Å²) in [7, 11) is 3.08. The average molecular weight is 491 g/mol. The first-order chi connectivity index (χ1) is 16.7. The minimum Gasteiger partial charge on any atom is -0.497 e. The third kappa shape index (κ3) is 6.01. The van der Waals surface area contributed by atoms with Gasteiger partial charge in [0, 0.05) is 55.6 Å². The number of alkyl halides is 3. The summed E-state index contributed by atoms with van der Waals surface area (Å²) in [5.74, 6) is 1.71. The molecular weight excluding hydrogens is 467 g/mol. The van der Waals surface area contributed by atoms with E-state index < -0.39 is 11.7 Å². The molecule has 4 rings (SSSR count). The molecule has 3 aromatic rings. The fraction of sp³-hybridized carbons (Fsp3) is 0.348. The van der Waals surface area contributed by atoms with Gasteiger partial charge in [0.05, 0.1) is 26.3 Å². The Morgan fingerprint density at radius 1 is 1.03 bits per heavy atom. The summed E-state index contributed by atoms with van der Waals surface area (Å²) in [5.41, 5.74) is 0.233. The predicted molar refractivity (Wildman–Crippen MR) is 120 cm³/mol. The van der Waals surface area contributed by atoms with Gasteiger partial charge in [0.2, 0.25) is 0 Å². The molecular formula is C23H24F3N5O4. The van der Waals surface area contributed by atoms with Gasteiger partial charge in [0.25, 0.3) is 5.89 Å². The molecule has 2 aromatic carbocycles. The van der Waals surface area contributed by atoms with Crippen LogP contribution in [0.15, 0.2) is 47.0 Å². The van der Waals surface area contributed by atoms with E-state index in [4.69, 9.17) is 14.0 Å². The van der Waals surface area contributed by atoms with Gasteiger partial charge in [-0.3, -0.25) is 4.90 Å². The molecule has 0 unspecified atom stereocenters. The number of piperazine rings is 1. The number of rotatable bonds is 6. The van der Waals surface area contributed by atoms with E-state index in [0.29, 0.717) is 61.3 Å². The number of ether oxygens (including phenoxy) is 2. The number of nitrogens with one attached hydrogen (secondary N) is 1. The van der Waals surface area contributed by atoms with Crippen molar-refractivity contribution >= 4 is 11.7 Å². The highest BCUT2D eigenvalue weighted by Crippen LogP contribution is 2.31. The lowest BCUT2D eigenvalue weighted by atomic mass is 10.1. The van der Waals surface area contributed by atoms with Crippen molar-refractivity contribution in [1.29, 1.82) is 0 Å². The Morgan fingerprint density at radius 3 is 2.23 bits per heavy atom. The smallest absolute Gasteiger partial charge is 0.416 e. The highest BCUT2D eigenvalue weighted by molar-refractivity contribution is 5.90. The first-order valence-corrected chi connectivity index (χ1v) is 10.8. The minimum absolute atomic E-state index is 0.153. The number of urea groups is 1. The number of amides is 2. The molecule has 0 aliphatic carbocycles. The molecule has 0 saturated carbocycles. The van der Waals surface area contributed by atoms with Gasteiger partial charge >= 0.3 is 12.2 Å². The lowest BCUT2D eigenvalue weighted by molar-refractivity contribution is -0.137. The fourth-order valence-electron chi connectivity index (χ4n) is 3.63. The predicted octanol–water partition coefficient (Wildman–Crippen LogP) is 4.12. The van der Waals surface area contributed by atoms with Crippen molar-refractivity contribution in [3.8, 4) is 23.0 Å². The average Bonchev–Trinajstić information content (AvgIpc) is 3.32.